The van der Waals surface area contributed by atoms with Crippen LogP contribution in [0.15, 0.2) is 36.4 Å². The second kappa shape index (κ2) is 9.42. The molecule has 0 bridgehead atoms. The molecular weight excluding hydrogens is 404 g/mol. The Hall–Kier alpha value is -3.35. The number of ether oxygens (including phenoxy) is 1. The number of pyridine rings is 1. The molecule has 3 aromatic rings. The number of hydrogen-bond acceptors (Lipinski definition) is 4. The summed E-state index contributed by atoms with van der Waals surface area (Å²) >= 11 is 0. The lowest BCUT2D eigenvalue weighted by Crippen LogP contribution is -2.34. The summed E-state index contributed by atoms with van der Waals surface area (Å²) in [5, 5.41) is 6.86. The van der Waals surface area contributed by atoms with Crippen LogP contribution in [0.2, 0.25) is 0 Å². The van der Waals surface area contributed by atoms with Gasteiger partial charge in [-0.3, -0.25) is 9.59 Å². The molecule has 1 aromatic carbocycles. The number of benzene rings is 1. The number of fused-ring (bicyclic) bond motifs is 1. The van der Waals surface area contributed by atoms with Crippen molar-refractivity contribution in [1.29, 1.82) is 0 Å². The van der Waals surface area contributed by atoms with Gasteiger partial charge in [0.25, 0.3) is 11.8 Å². The minimum absolute atomic E-state index is 0.145. The molecule has 0 radical (unpaired) electrons. The molecule has 7 heteroatoms. The number of nitrogens with zero attached hydrogens (tertiary/aromatic N) is 2. The Morgan fingerprint density at radius 1 is 1.12 bits per heavy atom. The quantitative estimate of drug-likeness (QED) is 0.575. The minimum Gasteiger partial charge on any atom is -0.491 e. The van der Waals surface area contributed by atoms with Gasteiger partial charge >= 0.3 is 0 Å². The highest BCUT2D eigenvalue weighted by Crippen LogP contribution is 2.35. The summed E-state index contributed by atoms with van der Waals surface area (Å²) in [6.07, 6.45) is 4.94. The number of amides is 2. The molecule has 2 amide bonds. The van der Waals surface area contributed by atoms with E-state index in [-0.39, 0.29) is 17.9 Å². The Morgan fingerprint density at radius 2 is 1.84 bits per heavy atom. The first-order valence-electron chi connectivity index (χ1n) is 11.4. The van der Waals surface area contributed by atoms with Gasteiger partial charge < -0.3 is 19.9 Å². The molecule has 2 aromatic heterocycles. The molecule has 0 unspecified atom stereocenters. The molecule has 2 N–H and O–H groups in total. The van der Waals surface area contributed by atoms with Crippen molar-refractivity contribution in [2.75, 3.05) is 11.9 Å². The van der Waals surface area contributed by atoms with E-state index in [0.29, 0.717) is 46.8 Å². The monoisotopic (exact) mass is 434 g/mol. The van der Waals surface area contributed by atoms with Gasteiger partial charge in [-0.15, -0.1) is 0 Å². The zero-order chi connectivity index (χ0) is 22.7. The number of aryl methyl sites for hydroxylation is 2. The zero-order valence-corrected chi connectivity index (χ0v) is 18.9. The summed E-state index contributed by atoms with van der Waals surface area (Å²) in [6.45, 7) is 4.31. The first kappa shape index (κ1) is 21.9. The highest BCUT2D eigenvalue weighted by atomic mass is 16.5. The fourth-order valence-electron chi connectivity index (χ4n) is 4.38. The number of aromatic nitrogens is 2. The molecular formula is C25H30N4O3. The van der Waals surface area contributed by atoms with E-state index in [0.717, 1.165) is 31.4 Å². The maximum Gasteiger partial charge on any atom is 0.272 e. The maximum absolute atomic E-state index is 13.2. The largest absolute Gasteiger partial charge is 0.491 e. The van der Waals surface area contributed by atoms with E-state index >= 15 is 0 Å². The summed E-state index contributed by atoms with van der Waals surface area (Å²) in [6, 6.07) is 11.2. The molecule has 0 aliphatic heterocycles. The summed E-state index contributed by atoms with van der Waals surface area (Å²) in [7, 11) is 1.84. The van der Waals surface area contributed by atoms with Crippen molar-refractivity contribution in [2.24, 2.45) is 7.05 Å². The fourth-order valence-corrected chi connectivity index (χ4v) is 4.38. The molecule has 0 saturated heterocycles. The standard InChI is InChI=1S/C25H30N4O3/c1-4-19-20(28-24(30)16-11-7-6-8-12-16)15-18-22(32-5-2)21(29(3)23(18)27-19)25(31)26-17-13-9-10-14-17/h6-8,11-12,15,17H,4-5,9-10,13-14H2,1-3H3,(H,26,31)(H,28,30). The van der Waals surface area contributed by atoms with Gasteiger partial charge in [0.1, 0.15) is 5.65 Å². The van der Waals surface area contributed by atoms with E-state index in [2.05, 4.69) is 10.6 Å². The summed E-state index contributed by atoms with van der Waals surface area (Å²) in [4.78, 5) is 30.7. The summed E-state index contributed by atoms with van der Waals surface area (Å²) < 4.78 is 7.74. The third-order valence-electron chi connectivity index (χ3n) is 6.01. The lowest BCUT2D eigenvalue weighted by molar-refractivity contribution is 0.0925. The van der Waals surface area contributed by atoms with Gasteiger partial charge in [-0.25, -0.2) is 4.98 Å². The summed E-state index contributed by atoms with van der Waals surface area (Å²) in [5.41, 5.74) is 3.09. The lowest BCUT2D eigenvalue weighted by atomic mass is 10.1. The Labute approximate surface area is 188 Å². The van der Waals surface area contributed by atoms with E-state index in [4.69, 9.17) is 9.72 Å². The molecule has 32 heavy (non-hydrogen) atoms. The van der Waals surface area contributed by atoms with Crippen molar-refractivity contribution in [3.05, 3.63) is 53.3 Å². The third kappa shape index (κ3) is 4.20. The molecule has 2 heterocycles. The van der Waals surface area contributed by atoms with Crippen LogP contribution in [0.3, 0.4) is 0 Å². The topological polar surface area (TPSA) is 85.2 Å². The van der Waals surface area contributed by atoms with Crippen molar-refractivity contribution < 1.29 is 14.3 Å². The second-order valence-corrected chi connectivity index (χ2v) is 8.15. The molecule has 4 rings (SSSR count). The van der Waals surface area contributed by atoms with Crippen LogP contribution in [0.25, 0.3) is 11.0 Å². The smallest absolute Gasteiger partial charge is 0.272 e. The molecule has 0 atom stereocenters. The van der Waals surface area contributed by atoms with Gasteiger partial charge in [0.05, 0.1) is 23.4 Å². The van der Waals surface area contributed by atoms with Crippen LogP contribution in [-0.4, -0.2) is 34.0 Å². The number of anilines is 1. The molecule has 7 nitrogen and oxygen atoms in total. The van der Waals surface area contributed by atoms with Crippen LogP contribution in [0.5, 0.6) is 5.75 Å². The van der Waals surface area contributed by atoms with Gasteiger partial charge in [0, 0.05) is 18.7 Å². The fraction of sp³-hybridized carbons (Fsp3) is 0.400. The van der Waals surface area contributed by atoms with E-state index in [9.17, 15) is 9.59 Å². The van der Waals surface area contributed by atoms with Gasteiger partial charge in [-0.1, -0.05) is 38.0 Å². The van der Waals surface area contributed by atoms with Gasteiger partial charge in [-0.2, -0.15) is 0 Å². The number of carbonyl (C=O) groups excluding carboxylic acids is 2. The first-order valence-corrected chi connectivity index (χ1v) is 11.4. The van der Waals surface area contributed by atoms with Crippen molar-refractivity contribution >= 4 is 28.5 Å². The minimum atomic E-state index is -0.199. The highest BCUT2D eigenvalue weighted by Gasteiger charge is 2.27. The molecule has 1 fully saturated rings. The lowest BCUT2D eigenvalue weighted by Gasteiger charge is -2.13. The van der Waals surface area contributed by atoms with E-state index in [1.165, 1.54) is 0 Å². The Balaban J connectivity index is 1.76. The average molecular weight is 435 g/mol. The van der Waals surface area contributed by atoms with Crippen molar-refractivity contribution in [3.63, 3.8) is 0 Å². The van der Waals surface area contributed by atoms with Crippen molar-refractivity contribution in [1.82, 2.24) is 14.9 Å². The van der Waals surface area contributed by atoms with Crippen LogP contribution in [0.1, 0.15) is 66.1 Å². The maximum atomic E-state index is 13.2. The average Bonchev–Trinajstić information content (AvgIpc) is 3.40. The van der Waals surface area contributed by atoms with Crippen LogP contribution >= 0.6 is 0 Å². The normalized spacial score (nSPS) is 14.0. The summed E-state index contributed by atoms with van der Waals surface area (Å²) in [5.74, 6) is 0.161. The Kier molecular flexibility index (Phi) is 6.44. The Morgan fingerprint density at radius 3 is 2.50 bits per heavy atom. The molecule has 0 spiro atoms. The van der Waals surface area contributed by atoms with Crippen molar-refractivity contribution in [2.45, 2.75) is 52.0 Å². The van der Waals surface area contributed by atoms with Gasteiger partial charge in [0.2, 0.25) is 0 Å². The van der Waals surface area contributed by atoms with Gasteiger partial charge in [-0.05, 0) is 44.4 Å². The van der Waals surface area contributed by atoms with E-state index < -0.39 is 0 Å². The number of carbonyl (C=O) groups is 2. The number of hydrogen-bond donors (Lipinski definition) is 2. The zero-order valence-electron chi connectivity index (χ0n) is 18.9. The van der Waals surface area contributed by atoms with E-state index in [1.807, 2.05) is 45.2 Å². The van der Waals surface area contributed by atoms with Crippen LogP contribution < -0.4 is 15.4 Å². The molecule has 1 aliphatic carbocycles. The Bertz CT molecular complexity index is 1130. The van der Waals surface area contributed by atoms with Gasteiger partial charge in [0.15, 0.2) is 11.4 Å². The van der Waals surface area contributed by atoms with E-state index in [1.54, 1.807) is 16.7 Å². The van der Waals surface area contributed by atoms with Crippen LogP contribution in [0, 0.1) is 0 Å². The van der Waals surface area contributed by atoms with Crippen LogP contribution in [0.4, 0.5) is 5.69 Å². The second-order valence-electron chi connectivity index (χ2n) is 8.15. The van der Waals surface area contributed by atoms with Crippen LogP contribution in [-0.2, 0) is 13.5 Å². The molecule has 168 valence electrons. The van der Waals surface area contributed by atoms with Crippen molar-refractivity contribution in [3.8, 4) is 5.75 Å². The number of nitrogens with one attached hydrogen (secondary N) is 2. The SMILES string of the molecule is CCOc1c(C(=O)NC2CCCC2)n(C)c2nc(CC)c(NC(=O)c3ccccc3)cc12. The number of rotatable bonds is 7. The molecule has 1 aliphatic rings. The predicted molar refractivity (Wildman–Crippen MR) is 125 cm³/mol. The third-order valence-corrected chi connectivity index (χ3v) is 6.01. The highest BCUT2D eigenvalue weighted by molar-refractivity contribution is 6.07. The first-order chi connectivity index (χ1) is 15.5. The molecule has 1 saturated carbocycles. The predicted octanol–water partition coefficient (Wildman–Crippen LogP) is 4.46.